The fourth-order valence-corrected chi connectivity index (χ4v) is 11.5. The summed E-state index contributed by atoms with van der Waals surface area (Å²) in [6.45, 7) is 0. The smallest absolute Gasteiger partial charge is 0.335 e. The van der Waals surface area contributed by atoms with Crippen molar-refractivity contribution >= 4 is 103 Å². The number of H-pyrrole nitrogens is 4. The van der Waals surface area contributed by atoms with E-state index >= 15 is 0 Å². The summed E-state index contributed by atoms with van der Waals surface area (Å²) in [7, 11) is 8.05. The highest BCUT2D eigenvalue weighted by Gasteiger charge is 2.25. The van der Waals surface area contributed by atoms with Crippen LogP contribution in [0.1, 0.15) is 92.7 Å². The molecule has 0 atom stereocenters. The first-order valence-electron chi connectivity index (χ1n) is 32.9. The molecule has 0 bridgehead atoms. The fraction of sp³-hybridized carbons (Fsp3) is 0.0946. The summed E-state index contributed by atoms with van der Waals surface area (Å²) < 4.78 is 58.9. The number of nitrogens with zero attached hydrogens (tertiary/aromatic N) is 18. The number of benzene rings is 4. The number of hydrogen-bond acceptors (Lipinski definition) is 19. The van der Waals surface area contributed by atoms with Gasteiger partial charge in [-0.15, -0.1) is 0 Å². The third kappa shape index (κ3) is 15.9. The number of alkyl halides is 4. The Morgan fingerprint density at radius 2 is 0.883 bits per heavy atom. The third-order valence-electron chi connectivity index (χ3n) is 17.0. The van der Waals surface area contributed by atoms with Crippen molar-refractivity contribution in [1.29, 1.82) is 5.26 Å². The monoisotopic (exact) mass is 1500 g/mol. The summed E-state index contributed by atoms with van der Waals surface area (Å²) in [5.74, 6) is -1.64. The maximum atomic E-state index is 13.4. The number of amides is 4. The quantitative estimate of drug-likeness (QED) is 0.0406. The van der Waals surface area contributed by atoms with Crippen molar-refractivity contribution in [3.63, 3.8) is 0 Å². The molecule has 12 heterocycles. The number of aromatic carboxylic acids is 2. The van der Waals surface area contributed by atoms with E-state index in [2.05, 4.69) is 96.2 Å². The van der Waals surface area contributed by atoms with Crippen molar-refractivity contribution in [2.45, 2.75) is 12.9 Å². The molecule has 111 heavy (non-hydrogen) atoms. The first-order valence-corrected chi connectivity index (χ1v) is 32.9. The molecule has 0 unspecified atom stereocenters. The molecule has 0 aliphatic rings. The van der Waals surface area contributed by atoms with E-state index in [-0.39, 0.29) is 79.7 Å². The van der Waals surface area contributed by atoms with Crippen molar-refractivity contribution in [1.82, 2.24) is 98.9 Å². The fourth-order valence-electron chi connectivity index (χ4n) is 11.5. The van der Waals surface area contributed by atoms with Gasteiger partial charge in [-0.05, 0) is 102 Å². The zero-order valence-corrected chi connectivity index (χ0v) is 58.5. The Bertz CT molecular complexity index is 6280. The number of aromatic nitrogens is 20. The number of carboxylic acid groups (broad SMARTS) is 2. The lowest BCUT2D eigenvalue weighted by molar-refractivity contribution is 0.0686. The normalized spacial score (nSPS) is 11.0. The van der Waals surface area contributed by atoms with Crippen LogP contribution in [0, 0.1) is 11.3 Å². The zero-order valence-electron chi connectivity index (χ0n) is 58.5. The number of aromatic amines is 4. The van der Waals surface area contributed by atoms with Crippen LogP contribution in [0.4, 0.5) is 40.8 Å². The highest BCUT2D eigenvalue weighted by Crippen LogP contribution is 2.37. The molecule has 0 saturated carbocycles. The molecule has 0 fully saturated rings. The van der Waals surface area contributed by atoms with Gasteiger partial charge in [-0.2, -0.15) is 25.7 Å². The minimum Gasteiger partial charge on any atom is -0.478 e. The van der Waals surface area contributed by atoms with Gasteiger partial charge in [-0.25, -0.2) is 85.7 Å². The van der Waals surface area contributed by atoms with E-state index in [1.807, 2.05) is 36.4 Å². The summed E-state index contributed by atoms with van der Waals surface area (Å²) in [4.78, 5) is 118. The van der Waals surface area contributed by atoms with Crippen LogP contribution in [-0.2, 0) is 28.2 Å². The molecular weight excluding hydrogens is 1440 g/mol. The average molecular weight is 1500 g/mol. The Hall–Kier alpha value is -15.8. The van der Waals surface area contributed by atoms with E-state index in [0.717, 1.165) is 38.7 Å². The number of nitrogens with one attached hydrogen (secondary N) is 7. The van der Waals surface area contributed by atoms with Crippen LogP contribution < -0.4 is 20.9 Å². The molecule has 0 aliphatic carbocycles. The molecule has 0 saturated heterocycles. The summed E-state index contributed by atoms with van der Waals surface area (Å²) in [6.07, 6.45) is -0.121. The number of hydrogen-bond donors (Lipinski definition) is 9. The number of rotatable bonds is 16. The highest BCUT2D eigenvalue weighted by molar-refractivity contribution is 6.05. The molecule has 16 aromatic rings. The van der Waals surface area contributed by atoms with Crippen LogP contribution in [0.15, 0.2) is 189 Å². The number of halogens is 4. The third-order valence-corrected chi connectivity index (χ3v) is 17.0. The van der Waals surface area contributed by atoms with Crippen LogP contribution in [0.2, 0.25) is 0 Å². The lowest BCUT2D eigenvalue weighted by Gasteiger charge is -2.15. The van der Waals surface area contributed by atoms with Crippen LogP contribution >= 0.6 is 0 Å². The number of nitriles is 1. The molecule has 16 rings (SSSR count). The minimum atomic E-state index is -2.70. The van der Waals surface area contributed by atoms with Gasteiger partial charge >= 0.3 is 11.9 Å². The van der Waals surface area contributed by atoms with E-state index in [4.69, 9.17) is 10.2 Å². The topological polar surface area (TPSA) is 444 Å². The lowest BCUT2D eigenvalue weighted by Crippen LogP contribution is -2.29. The summed E-state index contributed by atoms with van der Waals surface area (Å²) in [6, 6.07) is 46.7. The number of aryl methyl sites for hydroxylation is 4. The summed E-state index contributed by atoms with van der Waals surface area (Å²) in [5, 5.41) is 54.0. The Morgan fingerprint density at radius 1 is 0.450 bits per heavy atom. The average Bonchev–Trinajstić information content (AvgIpc) is 1.64. The molecular formula is C74H57F4N25O8. The van der Waals surface area contributed by atoms with Crippen molar-refractivity contribution < 1.29 is 56.5 Å². The van der Waals surface area contributed by atoms with E-state index in [0.29, 0.717) is 51.0 Å². The molecule has 554 valence electrons. The van der Waals surface area contributed by atoms with Gasteiger partial charge in [-0.1, -0.05) is 72.8 Å². The number of fused-ring (bicyclic) bond motifs is 4. The summed E-state index contributed by atoms with van der Waals surface area (Å²) >= 11 is 0. The molecule has 12 aromatic heterocycles. The Balaban J connectivity index is 0.000000130. The van der Waals surface area contributed by atoms with Gasteiger partial charge < -0.3 is 46.1 Å². The predicted octanol–water partition coefficient (Wildman–Crippen LogP) is 11.6. The standard InChI is InChI=1S/C19H13F2N7O.C19H16F2N6O.2C18H14N6O3/c1-28-18(23-9-24-28)19(29)26-14-7-6-12-13(8-22)15(27-17(12)25-14)10-4-2-3-5-11(10)16(20)21;1-26(19(28)18-22-10-23-27(18)2)15-8-7-11-9-14(24-17(11)25-15)12-5-3-4-6-13(12)16(20)21;1-24-16(19-9-20-24)17(25)23-14-7-6-12-8-13(21-15(12)22-14)10-2-4-11(5-3-10)18(26)27;1-24-16(19-9-20-24)17(25)23-14-6-5-11-8-13(21-15(11)22-14)10-3-2-4-12(7-10)18(26)27/h2-7,9,16H,1H3,(H2,25,26,27,29);3-10,16H,1-2H3,(H,24,25);2*2-9H,1H3,(H,26,27)(H2,21,22,23,25). The number of carbonyl (C=O) groups excluding carboxylic acids is 4. The van der Waals surface area contributed by atoms with Crippen molar-refractivity contribution in [3.8, 4) is 51.1 Å². The molecule has 0 aliphatic heterocycles. The van der Waals surface area contributed by atoms with Gasteiger partial charge in [0.05, 0.1) is 22.4 Å². The molecule has 4 aromatic carbocycles. The number of pyridine rings is 4. The zero-order chi connectivity index (χ0) is 78.3. The highest BCUT2D eigenvalue weighted by atomic mass is 19.3. The van der Waals surface area contributed by atoms with Crippen molar-refractivity contribution in [2.24, 2.45) is 28.2 Å². The largest absolute Gasteiger partial charge is 0.478 e. The van der Waals surface area contributed by atoms with Gasteiger partial charge in [0, 0.05) is 96.1 Å². The second-order valence-corrected chi connectivity index (χ2v) is 24.1. The predicted molar refractivity (Wildman–Crippen MR) is 395 cm³/mol. The van der Waals surface area contributed by atoms with Gasteiger partial charge in [-0.3, -0.25) is 24.1 Å². The molecule has 0 spiro atoms. The maximum absolute atomic E-state index is 13.4. The van der Waals surface area contributed by atoms with Gasteiger partial charge in [0.25, 0.3) is 36.5 Å². The lowest BCUT2D eigenvalue weighted by atomic mass is 10.0. The minimum absolute atomic E-state index is 0.0520. The SMILES string of the molecule is CN(C(=O)c1ncnn1C)c1ccc2cc(-c3ccccc3C(F)F)[nH]c2n1.Cn1ncnc1C(=O)Nc1ccc2c(C#N)c(-c3ccccc3C(F)F)[nH]c2n1.Cn1ncnc1C(=O)Nc1ccc2cc(-c3ccc(C(=O)O)cc3)[nH]c2n1.Cn1ncnc1C(=O)Nc1ccc2cc(-c3cccc(C(=O)O)c3)[nH]c2n1. The Labute approximate surface area is 621 Å². The van der Waals surface area contributed by atoms with Crippen molar-refractivity contribution in [3.05, 3.63) is 240 Å². The molecule has 33 nitrogen and oxygen atoms in total. The molecule has 37 heteroatoms. The summed E-state index contributed by atoms with van der Waals surface area (Å²) in [5.41, 5.74) is 6.88. The number of anilines is 4. The number of carboxylic acids is 2. The van der Waals surface area contributed by atoms with Crippen molar-refractivity contribution in [2.75, 3.05) is 27.9 Å². The molecule has 0 radical (unpaired) electrons. The second-order valence-electron chi connectivity index (χ2n) is 24.1. The van der Waals surface area contributed by atoms with E-state index < -0.39 is 42.5 Å². The van der Waals surface area contributed by atoms with Crippen LogP contribution in [0.25, 0.3) is 89.2 Å². The van der Waals surface area contributed by atoms with E-state index in [1.165, 1.54) is 85.3 Å². The van der Waals surface area contributed by atoms with Gasteiger partial charge in [0.1, 0.15) is 77.2 Å². The van der Waals surface area contributed by atoms with E-state index in [1.54, 1.807) is 132 Å². The second kappa shape index (κ2) is 31.5. The molecule has 4 amide bonds. The number of carbonyl (C=O) groups is 6. The maximum Gasteiger partial charge on any atom is 0.335 e. The molecule has 9 N–H and O–H groups in total. The van der Waals surface area contributed by atoms with Crippen LogP contribution in [-0.4, -0.2) is 152 Å². The first-order chi connectivity index (χ1) is 53.5. The van der Waals surface area contributed by atoms with Crippen LogP contribution in [0.5, 0.6) is 0 Å². The van der Waals surface area contributed by atoms with Gasteiger partial charge in [0.2, 0.25) is 23.3 Å². The first kappa shape index (κ1) is 73.5. The Kier molecular flexibility index (Phi) is 20.9. The van der Waals surface area contributed by atoms with Gasteiger partial charge in [0.15, 0.2) is 0 Å². The van der Waals surface area contributed by atoms with Crippen LogP contribution in [0.3, 0.4) is 0 Å². The Morgan fingerprint density at radius 3 is 1.37 bits per heavy atom. The van der Waals surface area contributed by atoms with E-state index in [9.17, 15) is 51.6 Å².